The Bertz CT molecular complexity index is 766. The van der Waals surface area contributed by atoms with E-state index < -0.39 is 6.04 Å². The largest absolute Gasteiger partial charge is 0.354 e. The van der Waals surface area contributed by atoms with E-state index in [-0.39, 0.29) is 30.3 Å². The number of nitrogens with two attached hydrogens (primary N) is 1. The smallest absolute Gasteiger partial charge is 0.239 e. The first-order valence-electron chi connectivity index (χ1n) is 9.07. The van der Waals surface area contributed by atoms with E-state index in [1.54, 1.807) is 0 Å². The molecule has 4 N–H and O–H groups in total. The number of amides is 2. The zero-order valence-corrected chi connectivity index (χ0v) is 16.0. The van der Waals surface area contributed by atoms with Gasteiger partial charge < -0.3 is 20.9 Å². The van der Waals surface area contributed by atoms with Gasteiger partial charge in [-0.1, -0.05) is 26.0 Å². The fourth-order valence-corrected chi connectivity index (χ4v) is 2.81. The Hall–Kier alpha value is -2.41. The van der Waals surface area contributed by atoms with Gasteiger partial charge in [0.05, 0.1) is 23.6 Å². The minimum atomic E-state index is -0.603. The fraction of sp³-hybridized carbons (Fsp3) is 0.526. The van der Waals surface area contributed by atoms with E-state index in [0.717, 1.165) is 16.9 Å². The van der Waals surface area contributed by atoms with Crippen molar-refractivity contribution in [3.8, 4) is 0 Å². The van der Waals surface area contributed by atoms with Gasteiger partial charge in [-0.15, -0.1) is 0 Å². The highest BCUT2D eigenvalue weighted by Gasteiger charge is 2.17. The maximum Gasteiger partial charge on any atom is 0.239 e. The average Bonchev–Trinajstić information content (AvgIpc) is 2.97. The molecule has 2 aromatic rings. The number of hydrogen-bond acceptors (Lipinski definition) is 4. The molecule has 2 amide bonds. The zero-order chi connectivity index (χ0) is 19.3. The second-order valence-electron chi connectivity index (χ2n) is 7.07. The molecular formula is C19H29N5O2. The van der Waals surface area contributed by atoms with Crippen LogP contribution >= 0.6 is 0 Å². The van der Waals surface area contributed by atoms with Crippen molar-refractivity contribution in [2.45, 2.75) is 46.2 Å². The van der Waals surface area contributed by atoms with Crippen molar-refractivity contribution in [2.24, 2.45) is 11.7 Å². The predicted molar refractivity (Wildman–Crippen MR) is 103 cm³/mol. The zero-order valence-electron chi connectivity index (χ0n) is 16.0. The molecule has 7 nitrogen and oxygen atoms in total. The van der Waals surface area contributed by atoms with Crippen LogP contribution in [0, 0.1) is 5.92 Å². The number of carbonyl (C=O) groups excluding carboxylic acids is 2. The Morgan fingerprint density at radius 3 is 2.50 bits per heavy atom. The normalized spacial score (nSPS) is 12.6. The van der Waals surface area contributed by atoms with Crippen molar-refractivity contribution in [2.75, 3.05) is 13.1 Å². The molecule has 1 heterocycles. The van der Waals surface area contributed by atoms with E-state index in [1.165, 1.54) is 0 Å². The number of nitrogens with zero attached hydrogens (tertiary/aromatic N) is 2. The first-order chi connectivity index (χ1) is 12.3. The summed E-state index contributed by atoms with van der Waals surface area (Å²) in [6, 6.07) is 7.69. The summed E-state index contributed by atoms with van der Waals surface area (Å²) in [5, 5.41) is 5.38. The molecule has 0 bridgehead atoms. The van der Waals surface area contributed by atoms with Gasteiger partial charge in [0, 0.05) is 19.0 Å². The van der Waals surface area contributed by atoms with Crippen LogP contribution in [0.5, 0.6) is 0 Å². The summed E-state index contributed by atoms with van der Waals surface area (Å²) in [6.07, 6.45) is 0.623. The Kier molecular flexibility index (Phi) is 6.74. The van der Waals surface area contributed by atoms with Gasteiger partial charge in [0.1, 0.15) is 5.82 Å². The van der Waals surface area contributed by atoms with Crippen LogP contribution < -0.4 is 16.4 Å². The van der Waals surface area contributed by atoms with Crippen molar-refractivity contribution in [3.05, 3.63) is 30.1 Å². The fourth-order valence-electron chi connectivity index (χ4n) is 2.81. The van der Waals surface area contributed by atoms with Crippen molar-refractivity contribution >= 4 is 22.8 Å². The second-order valence-corrected chi connectivity index (χ2v) is 7.07. The van der Waals surface area contributed by atoms with Gasteiger partial charge in [-0.2, -0.15) is 0 Å². The lowest BCUT2D eigenvalue weighted by molar-refractivity contribution is -0.127. The highest BCUT2D eigenvalue weighted by molar-refractivity contribution is 5.87. The number of rotatable bonds is 8. The van der Waals surface area contributed by atoms with E-state index in [0.29, 0.717) is 13.0 Å². The molecule has 0 unspecified atom stereocenters. The summed E-state index contributed by atoms with van der Waals surface area (Å²) in [7, 11) is 0. The lowest BCUT2D eigenvalue weighted by Gasteiger charge is -2.15. The second kappa shape index (κ2) is 8.80. The van der Waals surface area contributed by atoms with Gasteiger partial charge in [0.25, 0.3) is 0 Å². The SMILES string of the molecule is CC(C)[C@H](N)C(=O)NCC(=O)NCCc1nc2ccccc2n1C(C)C. The number of nitrogens with one attached hydrogen (secondary N) is 2. The molecule has 0 spiro atoms. The first-order valence-corrected chi connectivity index (χ1v) is 9.07. The standard InChI is InChI=1S/C19H29N5O2/c1-12(2)18(20)19(26)22-11-17(25)21-10-9-16-23-14-7-5-6-8-15(14)24(16)13(3)4/h5-8,12-13,18H,9-11,20H2,1-4H3,(H,21,25)(H,22,26)/t18-/m0/s1. The summed E-state index contributed by atoms with van der Waals surface area (Å²) in [4.78, 5) is 28.4. The lowest BCUT2D eigenvalue weighted by Crippen LogP contribution is -2.47. The summed E-state index contributed by atoms with van der Waals surface area (Å²) in [5.41, 5.74) is 7.80. The number of benzene rings is 1. The highest BCUT2D eigenvalue weighted by atomic mass is 16.2. The van der Waals surface area contributed by atoms with E-state index in [2.05, 4.69) is 40.1 Å². The lowest BCUT2D eigenvalue weighted by atomic mass is 10.1. The summed E-state index contributed by atoms with van der Waals surface area (Å²) in [6.45, 7) is 8.35. The van der Waals surface area contributed by atoms with Crippen molar-refractivity contribution in [3.63, 3.8) is 0 Å². The molecule has 0 radical (unpaired) electrons. The number of fused-ring (bicyclic) bond motifs is 1. The Labute approximate surface area is 154 Å². The minimum absolute atomic E-state index is 0.0297. The summed E-state index contributed by atoms with van der Waals surface area (Å²) < 4.78 is 2.19. The van der Waals surface area contributed by atoms with Gasteiger partial charge in [0.2, 0.25) is 11.8 Å². The third-order valence-electron chi connectivity index (χ3n) is 4.30. The van der Waals surface area contributed by atoms with Crippen LogP contribution in [0.3, 0.4) is 0 Å². The van der Waals surface area contributed by atoms with Crippen LogP contribution in [-0.2, 0) is 16.0 Å². The molecule has 1 aromatic carbocycles. The molecule has 0 fully saturated rings. The summed E-state index contributed by atoms with van der Waals surface area (Å²) >= 11 is 0. The number of hydrogen-bond donors (Lipinski definition) is 3. The molecule has 142 valence electrons. The van der Waals surface area contributed by atoms with Crippen molar-refractivity contribution < 1.29 is 9.59 Å². The van der Waals surface area contributed by atoms with Gasteiger partial charge in [-0.05, 0) is 31.9 Å². The monoisotopic (exact) mass is 359 g/mol. The van der Waals surface area contributed by atoms with Crippen LogP contribution in [0.25, 0.3) is 11.0 Å². The van der Waals surface area contributed by atoms with Crippen LogP contribution in [0.2, 0.25) is 0 Å². The summed E-state index contributed by atoms with van der Waals surface area (Å²) in [5.74, 6) is 0.424. The van der Waals surface area contributed by atoms with Gasteiger partial charge in [-0.25, -0.2) is 4.98 Å². The van der Waals surface area contributed by atoms with E-state index >= 15 is 0 Å². The molecular weight excluding hydrogens is 330 g/mol. The molecule has 2 rings (SSSR count). The third kappa shape index (κ3) is 4.82. The van der Waals surface area contributed by atoms with Gasteiger partial charge in [0.15, 0.2) is 0 Å². The number of para-hydroxylation sites is 2. The van der Waals surface area contributed by atoms with E-state index in [9.17, 15) is 9.59 Å². The van der Waals surface area contributed by atoms with Gasteiger partial charge >= 0.3 is 0 Å². The molecule has 7 heteroatoms. The maximum atomic E-state index is 11.9. The molecule has 0 saturated heterocycles. The highest BCUT2D eigenvalue weighted by Crippen LogP contribution is 2.20. The third-order valence-corrected chi connectivity index (χ3v) is 4.30. The molecule has 0 aliphatic rings. The van der Waals surface area contributed by atoms with Crippen LogP contribution in [-0.4, -0.2) is 40.5 Å². The Morgan fingerprint density at radius 2 is 1.85 bits per heavy atom. The van der Waals surface area contributed by atoms with E-state index in [1.807, 2.05) is 32.0 Å². The molecule has 0 aliphatic heterocycles. The topological polar surface area (TPSA) is 102 Å². The molecule has 26 heavy (non-hydrogen) atoms. The average molecular weight is 359 g/mol. The number of carbonyl (C=O) groups is 2. The van der Waals surface area contributed by atoms with E-state index in [4.69, 9.17) is 5.73 Å². The molecule has 0 aliphatic carbocycles. The molecule has 0 saturated carbocycles. The van der Waals surface area contributed by atoms with Crippen LogP contribution in [0.1, 0.15) is 39.6 Å². The maximum absolute atomic E-state index is 11.9. The van der Waals surface area contributed by atoms with Crippen molar-refractivity contribution in [1.82, 2.24) is 20.2 Å². The molecule has 1 aromatic heterocycles. The van der Waals surface area contributed by atoms with Crippen LogP contribution in [0.15, 0.2) is 24.3 Å². The van der Waals surface area contributed by atoms with Gasteiger partial charge in [-0.3, -0.25) is 9.59 Å². The molecule has 1 atom stereocenters. The first kappa shape index (κ1) is 19.9. The Morgan fingerprint density at radius 1 is 1.15 bits per heavy atom. The van der Waals surface area contributed by atoms with Crippen LogP contribution in [0.4, 0.5) is 0 Å². The predicted octanol–water partition coefficient (Wildman–Crippen LogP) is 1.38. The quantitative estimate of drug-likeness (QED) is 0.662. The minimum Gasteiger partial charge on any atom is -0.354 e. The Balaban J connectivity index is 1.88. The number of aromatic nitrogens is 2. The number of imidazole rings is 1. The van der Waals surface area contributed by atoms with Crippen molar-refractivity contribution in [1.29, 1.82) is 0 Å².